The number of ether oxygens (including phenoxy) is 2. The quantitative estimate of drug-likeness (QED) is 0.0706. The molecule has 0 radical (unpaired) electrons. The van der Waals surface area contributed by atoms with Crippen molar-refractivity contribution in [3.8, 4) is 28.6 Å². The minimum absolute atomic E-state index is 0.0392. The average Bonchev–Trinajstić information content (AvgIpc) is 3.39. The van der Waals surface area contributed by atoms with Crippen molar-refractivity contribution < 1.29 is 19.1 Å². The van der Waals surface area contributed by atoms with Gasteiger partial charge in [-0.25, -0.2) is 4.98 Å². The summed E-state index contributed by atoms with van der Waals surface area (Å²) in [6.45, 7) is 0.315. The zero-order chi connectivity index (χ0) is 32.8. The highest BCUT2D eigenvalue weighted by Gasteiger charge is 2.25. The van der Waals surface area contributed by atoms with Crippen LogP contribution in [0.5, 0.6) is 17.2 Å². The highest BCUT2D eigenvalue weighted by molar-refractivity contribution is 6.34. The van der Waals surface area contributed by atoms with Crippen LogP contribution in [0.15, 0.2) is 89.9 Å². The number of fused-ring (bicyclic) bond motifs is 1. The summed E-state index contributed by atoms with van der Waals surface area (Å²) in [6.07, 6.45) is 0.813. The number of nitrogens with two attached hydrogens (primary N) is 3. The van der Waals surface area contributed by atoms with Gasteiger partial charge in [0.05, 0.1) is 18.1 Å². The third-order valence-corrected chi connectivity index (χ3v) is 7.47. The molecule has 1 heterocycles. The van der Waals surface area contributed by atoms with Crippen LogP contribution in [-0.2, 0) is 4.79 Å². The second-order valence-corrected chi connectivity index (χ2v) is 11.2. The van der Waals surface area contributed by atoms with Crippen LogP contribution in [0.2, 0.25) is 10.0 Å². The number of hydrogen-bond donors (Lipinski definition) is 4. The number of aromatic nitrogens is 2. The third kappa shape index (κ3) is 7.68. The first-order valence-corrected chi connectivity index (χ1v) is 14.9. The number of anilines is 1. The lowest BCUT2D eigenvalue weighted by Gasteiger charge is -2.19. The molecule has 1 aromatic heterocycles. The van der Waals surface area contributed by atoms with Gasteiger partial charge in [0.15, 0.2) is 5.96 Å². The van der Waals surface area contributed by atoms with Gasteiger partial charge in [-0.3, -0.25) is 14.6 Å². The maximum Gasteiger partial charge on any atom is 0.255 e. The number of aliphatic imine (C=N–C) groups is 1. The molecule has 5 rings (SSSR count). The first-order chi connectivity index (χ1) is 22.1. The molecular weight excluding hydrogens is 629 g/mol. The molecule has 0 saturated heterocycles. The van der Waals surface area contributed by atoms with Gasteiger partial charge < -0.3 is 36.6 Å². The number of amides is 2. The molecule has 0 aliphatic rings. The van der Waals surface area contributed by atoms with Crippen LogP contribution in [0.1, 0.15) is 29.2 Å². The van der Waals surface area contributed by atoms with Crippen LogP contribution in [-0.4, -0.2) is 41.0 Å². The Morgan fingerprint density at radius 3 is 2.33 bits per heavy atom. The van der Waals surface area contributed by atoms with Crippen LogP contribution in [0, 0.1) is 0 Å². The molecule has 46 heavy (non-hydrogen) atoms. The maximum absolute atomic E-state index is 13.2. The van der Waals surface area contributed by atoms with Gasteiger partial charge >= 0.3 is 0 Å². The van der Waals surface area contributed by atoms with E-state index in [-0.39, 0.29) is 11.9 Å². The fourth-order valence-electron chi connectivity index (χ4n) is 4.95. The van der Waals surface area contributed by atoms with Gasteiger partial charge in [0, 0.05) is 33.4 Å². The van der Waals surface area contributed by atoms with Crippen molar-refractivity contribution in [3.05, 3.63) is 101 Å². The van der Waals surface area contributed by atoms with E-state index in [9.17, 15) is 9.59 Å². The average molecular weight is 661 g/mol. The van der Waals surface area contributed by atoms with Crippen LogP contribution in [0.25, 0.3) is 22.4 Å². The number of carbonyl (C=O) groups is 2. The van der Waals surface area contributed by atoms with Gasteiger partial charge in [-0.15, -0.1) is 0 Å². The molecule has 4 aromatic carbocycles. The molecule has 0 aliphatic carbocycles. The van der Waals surface area contributed by atoms with Crippen LogP contribution < -0.4 is 32.0 Å². The first kappa shape index (κ1) is 32.1. The summed E-state index contributed by atoms with van der Waals surface area (Å²) in [7, 11) is 1.57. The topological polar surface area (TPSA) is 173 Å². The number of nitrogens with one attached hydrogen (secondary N) is 1. The number of rotatable bonds is 12. The van der Waals surface area contributed by atoms with E-state index in [1.54, 1.807) is 90.5 Å². The van der Waals surface area contributed by atoms with Crippen LogP contribution >= 0.6 is 23.2 Å². The Hall–Kier alpha value is -5.26. The molecular formula is C33H31Cl2N7O4. The molecule has 236 valence electrons. The highest BCUT2D eigenvalue weighted by Crippen LogP contribution is 2.35. The molecule has 0 fully saturated rings. The standard InChI is InChI=1S/C33H31Cl2N7O4/c1-45-24-10-8-23(9-11-24)40-32(44)20-7-12-28-27(15-20)41-31(42(28)29(30(36)43)6-3-13-39-33(37)38)19-4-2-5-25(14-19)46-26-17-21(34)16-22(35)18-26/h2,4-5,7-12,14-18,29H,3,6,13H2,1H3,(H2,36,43)(H,40,44)(H4,37,38,39)/t29-/m0/s1. The Balaban J connectivity index is 1.55. The Bertz CT molecular complexity index is 1900. The monoisotopic (exact) mass is 659 g/mol. The van der Waals surface area contributed by atoms with Crippen molar-refractivity contribution in [2.24, 2.45) is 22.2 Å². The lowest BCUT2D eigenvalue weighted by molar-refractivity contribution is -0.121. The smallest absolute Gasteiger partial charge is 0.255 e. The second kappa shape index (κ2) is 14.2. The van der Waals surface area contributed by atoms with Gasteiger partial charge in [-0.1, -0.05) is 35.3 Å². The summed E-state index contributed by atoms with van der Waals surface area (Å²) in [5.74, 6) is 1.12. The predicted octanol–water partition coefficient (Wildman–Crippen LogP) is 6.14. The fraction of sp³-hybridized carbons (Fsp3) is 0.152. The molecule has 0 aliphatic heterocycles. The zero-order valence-electron chi connectivity index (χ0n) is 24.7. The molecule has 11 nitrogen and oxygen atoms in total. The van der Waals surface area contributed by atoms with E-state index in [0.29, 0.717) is 80.4 Å². The number of hydrogen-bond acceptors (Lipinski definition) is 6. The number of halogens is 2. The van der Waals surface area contributed by atoms with Gasteiger partial charge in [-0.05, 0) is 85.6 Å². The molecule has 2 amide bonds. The lowest BCUT2D eigenvalue weighted by atomic mass is 10.1. The minimum Gasteiger partial charge on any atom is -0.497 e. The number of primary amides is 1. The summed E-state index contributed by atoms with van der Waals surface area (Å²) in [5.41, 5.74) is 19.6. The summed E-state index contributed by atoms with van der Waals surface area (Å²) in [6, 6.07) is 23.4. The number of guanidine groups is 1. The molecule has 13 heteroatoms. The summed E-state index contributed by atoms with van der Waals surface area (Å²) in [5, 5.41) is 3.74. The highest BCUT2D eigenvalue weighted by atomic mass is 35.5. The second-order valence-electron chi connectivity index (χ2n) is 10.3. The molecule has 0 unspecified atom stereocenters. The van der Waals surface area contributed by atoms with Crippen molar-refractivity contribution in [3.63, 3.8) is 0 Å². The SMILES string of the molecule is COc1ccc(NC(=O)c2ccc3c(c2)nc(-c2cccc(Oc4cc(Cl)cc(Cl)c4)c2)n3[C@@H](CCCN=C(N)N)C(N)=O)cc1. The van der Waals surface area contributed by atoms with Gasteiger partial charge in [0.2, 0.25) is 5.91 Å². The molecule has 1 atom stereocenters. The molecule has 0 spiro atoms. The lowest BCUT2D eigenvalue weighted by Crippen LogP contribution is -2.27. The van der Waals surface area contributed by atoms with E-state index in [1.807, 2.05) is 6.07 Å². The van der Waals surface area contributed by atoms with Gasteiger partial charge in [0.1, 0.15) is 29.1 Å². The molecule has 7 N–H and O–H groups in total. The summed E-state index contributed by atoms with van der Waals surface area (Å²) in [4.78, 5) is 35.0. The third-order valence-electron chi connectivity index (χ3n) is 7.03. The van der Waals surface area contributed by atoms with Gasteiger partial charge in [-0.2, -0.15) is 0 Å². The number of methoxy groups -OCH3 is 1. The Labute approximate surface area is 274 Å². The Morgan fingerprint density at radius 2 is 1.65 bits per heavy atom. The number of imidazole rings is 1. The first-order valence-electron chi connectivity index (χ1n) is 14.2. The molecule has 5 aromatic rings. The van der Waals surface area contributed by atoms with E-state index in [1.165, 1.54) is 0 Å². The zero-order valence-corrected chi connectivity index (χ0v) is 26.3. The number of carbonyl (C=O) groups excluding carboxylic acids is 2. The summed E-state index contributed by atoms with van der Waals surface area (Å²) < 4.78 is 13.0. The van der Waals surface area contributed by atoms with Gasteiger partial charge in [0.25, 0.3) is 5.91 Å². The van der Waals surface area contributed by atoms with Crippen molar-refractivity contribution in [1.82, 2.24) is 9.55 Å². The molecule has 0 saturated carbocycles. The number of nitrogens with zero attached hydrogens (tertiary/aromatic N) is 3. The Kier molecular flexibility index (Phi) is 9.94. The van der Waals surface area contributed by atoms with E-state index in [4.69, 9.17) is 54.9 Å². The van der Waals surface area contributed by atoms with E-state index in [0.717, 1.165) is 0 Å². The van der Waals surface area contributed by atoms with E-state index >= 15 is 0 Å². The minimum atomic E-state index is -0.801. The largest absolute Gasteiger partial charge is 0.497 e. The van der Waals surface area contributed by atoms with E-state index < -0.39 is 11.9 Å². The molecule has 0 bridgehead atoms. The van der Waals surface area contributed by atoms with Crippen LogP contribution in [0.4, 0.5) is 5.69 Å². The normalized spacial score (nSPS) is 11.5. The fourth-order valence-corrected chi connectivity index (χ4v) is 5.46. The Morgan fingerprint density at radius 1 is 0.913 bits per heavy atom. The van der Waals surface area contributed by atoms with Crippen molar-refractivity contribution >= 4 is 57.7 Å². The van der Waals surface area contributed by atoms with Crippen molar-refractivity contribution in [2.75, 3.05) is 19.0 Å². The van der Waals surface area contributed by atoms with E-state index in [2.05, 4.69) is 10.3 Å². The predicted molar refractivity (Wildman–Crippen MR) is 181 cm³/mol. The van der Waals surface area contributed by atoms with Crippen LogP contribution in [0.3, 0.4) is 0 Å². The van der Waals surface area contributed by atoms with Crippen molar-refractivity contribution in [1.29, 1.82) is 0 Å². The maximum atomic E-state index is 13.2. The summed E-state index contributed by atoms with van der Waals surface area (Å²) >= 11 is 12.3. The number of benzene rings is 4. The van der Waals surface area contributed by atoms with Crippen molar-refractivity contribution in [2.45, 2.75) is 18.9 Å².